The second-order valence-electron chi connectivity index (χ2n) is 4.75. The number of nitrogens with zero attached hydrogens (tertiary/aromatic N) is 1. The molecule has 0 aromatic heterocycles. The van der Waals surface area contributed by atoms with Crippen LogP contribution >= 0.6 is 0 Å². The van der Waals surface area contributed by atoms with E-state index < -0.39 is 0 Å². The Morgan fingerprint density at radius 2 is 2.06 bits per heavy atom. The van der Waals surface area contributed by atoms with Crippen molar-refractivity contribution in [2.45, 2.75) is 33.1 Å². The zero-order chi connectivity index (χ0) is 12.2. The third kappa shape index (κ3) is 10.4. The van der Waals surface area contributed by atoms with Crippen molar-refractivity contribution < 1.29 is 4.74 Å². The number of likely N-dealkylation sites (N-methyl/N-ethyl adjacent to an activating group) is 1. The van der Waals surface area contributed by atoms with Crippen LogP contribution < -0.4 is 5.32 Å². The summed E-state index contributed by atoms with van der Waals surface area (Å²) in [6, 6.07) is 0. The van der Waals surface area contributed by atoms with E-state index in [2.05, 4.69) is 31.1 Å². The largest absolute Gasteiger partial charge is 0.385 e. The molecule has 16 heavy (non-hydrogen) atoms. The summed E-state index contributed by atoms with van der Waals surface area (Å²) in [6.45, 7) is 9.93. The van der Waals surface area contributed by atoms with E-state index in [1.165, 1.54) is 12.8 Å². The molecule has 1 unspecified atom stereocenters. The Balaban J connectivity index is 3.23. The minimum absolute atomic E-state index is 0.809. The molecule has 0 rings (SSSR count). The van der Waals surface area contributed by atoms with Crippen LogP contribution in [-0.2, 0) is 4.74 Å². The van der Waals surface area contributed by atoms with E-state index in [1.807, 2.05) is 0 Å². The number of rotatable bonds is 11. The zero-order valence-electron chi connectivity index (χ0n) is 11.6. The monoisotopic (exact) mass is 230 g/mol. The van der Waals surface area contributed by atoms with Crippen molar-refractivity contribution in [2.24, 2.45) is 5.92 Å². The van der Waals surface area contributed by atoms with Crippen molar-refractivity contribution in [3.63, 3.8) is 0 Å². The van der Waals surface area contributed by atoms with Crippen molar-refractivity contribution in [2.75, 3.05) is 46.9 Å². The van der Waals surface area contributed by atoms with Crippen molar-refractivity contribution in [3.8, 4) is 0 Å². The first-order valence-electron chi connectivity index (χ1n) is 6.58. The molecule has 0 aliphatic rings. The first kappa shape index (κ1) is 15.9. The van der Waals surface area contributed by atoms with Crippen LogP contribution in [0.4, 0.5) is 0 Å². The predicted molar refractivity (Wildman–Crippen MR) is 70.9 cm³/mol. The Labute approximate surface area is 102 Å². The normalized spacial score (nSPS) is 13.3. The highest BCUT2D eigenvalue weighted by molar-refractivity contribution is 4.59. The number of hydrogen-bond acceptors (Lipinski definition) is 3. The summed E-state index contributed by atoms with van der Waals surface area (Å²) in [5, 5.41) is 3.52. The van der Waals surface area contributed by atoms with E-state index in [4.69, 9.17) is 4.74 Å². The van der Waals surface area contributed by atoms with Gasteiger partial charge in [-0.2, -0.15) is 0 Å². The highest BCUT2D eigenvalue weighted by atomic mass is 16.5. The van der Waals surface area contributed by atoms with Gasteiger partial charge in [-0.25, -0.2) is 0 Å². The van der Waals surface area contributed by atoms with Gasteiger partial charge in [0.2, 0.25) is 0 Å². The highest BCUT2D eigenvalue weighted by Gasteiger charge is 2.00. The second-order valence-corrected chi connectivity index (χ2v) is 4.75. The maximum atomic E-state index is 5.03. The Hall–Kier alpha value is -0.120. The van der Waals surface area contributed by atoms with Gasteiger partial charge in [0.25, 0.3) is 0 Å². The van der Waals surface area contributed by atoms with Gasteiger partial charge in [0.1, 0.15) is 0 Å². The molecule has 0 aromatic rings. The molecule has 0 aliphatic heterocycles. The van der Waals surface area contributed by atoms with Crippen LogP contribution in [0.3, 0.4) is 0 Å². The summed E-state index contributed by atoms with van der Waals surface area (Å²) in [5.41, 5.74) is 0. The van der Waals surface area contributed by atoms with Crippen molar-refractivity contribution in [3.05, 3.63) is 0 Å². The highest BCUT2D eigenvalue weighted by Crippen LogP contribution is 2.02. The summed E-state index contributed by atoms with van der Waals surface area (Å²) < 4.78 is 5.03. The number of hydrogen-bond donors (Lipinski definition) is 1. The van der Waals surface area contributed by atoms with Gasteiger partial charge < -0.3 is 15.0 Å². The molecule has 0 aliphatic carbocycles. The van der Waals surface area contributed by atoms with Crippen LogP contribution in [0.25, 0.3) is 0 Å². The molecule has 3 nitrogen and oxygen atoms in total. The summed E-state index contributed by atoms with van der Waals surface area (Å²) in [7, 11) is 3.93. The van der Waals surface area contributed by atoms with Gasteiger partial charge in [-0.3, -0.25) is 0 Å². The Bertz CT molecular complexity index is 142. The predicted octanol–water partition coefficient (Wildman–Crippen LogP) is 1.98. The van der Waals surface area contributed by atoms with Gasteiger partial charge in [-0.1, -0.05) is 20.3 Å². The topological polar surface area (TPSA) is 24.5 Å². The summed E-state index contributed by atoms with van der Waals surface area (Å²) in [5.74, 6) is 0.809. The van der Waals surface area contributed by atoms with Gasteiger partial charge in [0.15, 0.2) is 0 Å². The summed E-state index contributed by atoms with van der Waals surface area (Å²) in [6.07, 6.45) is 3.75. The van der Waals surface area contributed by atoms with Crippen molar-refractivity contribution >= 4 is 0 Å². The third-order valence-electron chi connectivity index (χ3n) is 2.83. The lowest BCUT2D eigenvalue weighted by Gasteiger charge is -2.17. The number of ether oxygens (including phenoxy) is 1. The van der Waals surface area contributed by atoms with Gasteiger partial charge in [-0.15, -0.1) is 0 Å². The van der Waals surface area contributed by atoms with E-state index in [9.17, 15) is 0 Å². The molecule has 0 radical (unpaired) electrons. The minimum Gasteiger partial charge on any atom is -0.385 e. The summed E-state index contributed by atoms with van der Waals surface area (Å²) >= 11 is 0. The fraction of sp³-hybridized carbons (Fsp3) is 1.00. The molecule has 0 spiro atoms. The Morgan fingerprint density at radius 3 is 2.69 bits per heavy atom. The van der Waals surface area contributed by atoms with Crippen LogP contribution in [0, 0.1) is 5.92 Å². The molecule has 1 N–H and O–H groups in total. The van der Waals surface area contributed by atoms with Crippen LogP contribution in [0.1, 0.15) is 33.1 Å². The van der Waals surface area contributed by atoms with Gasteiger partial charge in [0.05, 0.1) is 0 Å². The maximum Gasteiger partial charge on any atom is 0.0474 e. The van der Waals surface area contributed by atoms with E-state index in [0.717, 1.165) is 45.1 Å². The molecule has 1 atom stereocenters. The quantitative estimate of drug-likeness (QED) is 0.549. The molecule has 0 aromatic carbocycles. The fourth-order valence-corrected chi connectivity index (χ4v) is 1.80. The standard InChI is InChI=1S/C13H30N2O/c1-5-7-13(2)12-14-8-10-15(3)9-6-11-16-4/h13-14H,5-12H2,1-4H3. The molecular formula is C13H30N2O. The first-order valence-corrected chi connectivity index (χ1v) is 6.58. The van der Waals surface area contributed by atoms with E-state index >= 15 is 0 Å². The number of nitrogens with one attached hydrogen (secondary N) is 1. The van der Waals surface area contributed by atoms with E-state index in [-0.39, 0.29) is 0 Å². The Kier molecular flexibility index (Phi) is 11.3. The van der Waals surface area contributed by atoms with Crippen molar-refractivity contribution in [1.29, 1.82) is 0 Å². The van der Waals surface area contributed by atoms with E-state index in [0.29, 0.717) is 0 Å². The minimum atomic E-state index is 0.809. The van der Waals surface area contributed by atoms with E-state index in [1.54, 1.807) is 7.11 Å². The molecule has 0 bridgehead atoms. The molecule has 0 fully saturated rings. The van der Waals surface area contributed by atoms with Crippen LogP contribution in [0.15, 0.2) is 0 Å². The molecule has 3 heteroatoms. The van der Waals surface area contributed by atoms with Crippen LogP contribution in [0.5, 0.6) is 0 Å². The average Bonchev–Trinajstić information content (AvgIpc) is 2.25. The van der Waals surface area contributed by atoms with Crippen LogP contribution in [-0.4, -0.2) is 51.8 Å². The zero-order valence-corrected chi connectivity index (χ0v) is 11.6. The Morgan fingerprint density at radius 1 is 1.31 bits per heavy atom. The first-order chi connectivity index (χ1) is 7.70. The lowest BCUT2D eigenvalue weighted by molar-refractivity contribution is 0.179. The lowest BCUT2D eigenvalue weighted by Crippen LogP contribution is -2.32. The molecule has 0 heterocycles. The van der Waals surface area contributed by atoms with Crippen molar-refractivity contribution in [1.82, 2.24) is 10.2 Å². The average molecular weight is 230 g/mol. The second kappa shape index (κ2) is 11.4. The van der Waals surface area contributed by atoms with Crippen LogP contribution in [0.2, 0.25) is 0 Å². The molecule has 98 valence electrons. The number of methoxy groups -OCH3 is 1. The van der Waals surface area contributed by atoms with Gasteiger partial charge >= 0.3 is 0 Å². The molecule has 0 saturated heterocycles. The van der Waals surface area contributed by atoms with Gasteiger partial charge in [-0.05, 0) is 32.4 Å². The fourth-order valence-electron chi connectivity index (χ4n) is 1.80. The third-order valence-corrected chi connectivity index (χ3v) is 2.83. The maximum absolute atomic E-state index is 5.03. The molecule has 0 saturated carbocycles. The van der Waals surface area contributed by atoms with Gasteiger partial charge in [0, 0.05) is 33.4 Å². The smallest absolute Gasteiger partial charge is 0.0474 e. The molecule has 0 amide bonds. The lowest BCUT2D eigenvalue weighted by atomic mass is 10.1. The summed E-state index contributed by atoms with van der Waals surface area (Å²) in [4.78, 5) is 2.36. The molecular weight excluding hydrogens is 200 g/mol. The SMILES string of the molecule is CCCC(C)CNCCN(C)CCCOC.